The van der Waals surface area contributed by atoms with Crippen LogP contribution in [0, 0.1) is 0 Å². The Morgan fingerprint density at radius 3 is 2.70 bits per heavy atom. The van der Waals surface area contributed by atoms with Gasteiger partial charge in [0.05, 0.1) is 25.2 Å². The average Bonchev–Trinajstić information content (AvgIpc) is 3.58. The molecule has 1 N–H and O–H groups in total. The third-order valence-electron chi connectivity index (χ3n) is 4.40. The number of carbonyl (C=O) groups is 2. The Hall–Kier alpha value is -3.22. The highest BCUT2D eigenvalue weighted by Gasteiger charge is 2.23. The highest BCUT2D eigenvalue weighted by molar-refractivity contribution is 7.99. The standard InChI is InChI=1S/C21H19N5O4S3/c1-3-30-20(28)18-15(16-5-4-10-31-16)11-32-19(18)22-17(27)12-33-21-23-24-25-26(21)13-6-8-14(29-2)9-7-13/h4-11H,3,12H2,1-2H3,(H,22,27). The number of rotatable bonds is 9. The number of thiophene rings is 2. The predicted octanol–water partition coefficient (Wildman–Crippen LogP) is 4.37. The Morgan fingerprint density at radius 1 is 1.18 bits per heavy atom. The van der Waals surface area contributed by atoms with E-state index >= 15 is 0 Å². The minimum Gasteiger partial charge on any atom is -0.497 e. The lowest BCUT2D eigenvalue weighted by Crippen LogP contribution is -2.16. The van der Waals surface area contributed by atoms with Crippen molar-refractivity contribution in [1.29, 1.82) is 0 Å². The van der Waals surface area contributed by atoms with Crippen LogP contribution in [0.1, 0.15) is 17.3 Å². The summed E-state index contributed by atoms with van der Waals surface area (Å²) in [6.07, 6.45) is 0. The van der Waals surface area contributed by atoms with Crippen molar-refractivity contribution in [2.45, 2.75) is 12.1 Å². The lowest BCUT2D eigenvalue weighted by molar-refractivity contribution is -0.113. The molecule has 0 aliphatic heterocycles. The largest absolute Gasteiger partial charge is 0.497 e. The maximum Gasteiger partial charge on any atom is 0.341 e. The minimum atomic E-state index is -0.464. The van der Waals surface area contributed by atoms with Gasteiger partial charge in [0.2, 0.25) is 11.1 Å². The molecule has 0 unspecified atom stereocenters. The quantitative estimate of drug-likeness (QED) is 0.266. The fraction of sp³-hybridized carbons (Fsp3) is 0.190. The van der Waals surface area contributed by atoms with E-state index in [1.165, 1.54) is 34.4 Å². The molecule has 0 aliphatic rings. The number of esters is 1. The van der Waals surface area contributed by atoms with Crippen molar-refractivity contribution >= 4 is 51.3 Å². The molecule has 170 valence electrons. The Morgan fingerprint density at radius 2 is 2.00 bits per heavy atom. The van der Waals surface area contributed by atoms with Gasteiger partial charge in [-0.2, -0.15) is 4.68 Å². The second-order valence-electron chi connectivity index (χ2n) is 6.46. The predicted molar refractivity (Wildman–Crippen MR) is 129 cm³/mol. The molecular weight excluding hydrogens is 482 g/mol. The second-order valence-corrected chi connectivity index (χ2v) is 9.23. The normalized spacial score (nSPS) is 10.7. The van der Waals surface area contributed by atoms with Crippen LogP contribution in [0.4, 0.5) is 5.00 Å². The van der Waals surface area contributed by atoms with E-state index in [9.17, 15) is 9.59 Å². The molecule has 0 bridgehead atoms. The minimum absolute atomic E-state index is 0.0605. The Labute approximate surface area is 201 Å². The molecular formula is C21H19N5O4S3. The topological polar surface area (TPSA) is 108 Å². The molecule has 0 radical (unpaired) electrons. The number of aromatic nitrogens is 4. The van der Waals surface area contributed by atoms with Crippen LogP contribution in [-0.2, 0) is 9.53 Å². The summed E-state index contributed by atoms with van der Waals surface area (Å²) in [5.41, 5.74) is 1.86. The SMILES string of the molecule is CCOC(=O)c1c(-c2cccs2)csc1NC(=O)CSc1nnnn1-c1ccc(OC)cc1. The van der Waals surface area contributed by atoms with E-state index < -0.39 is 5.97 Å². The molecule has 4 aromatic rings. The number of hydrogen-bond donors (Lipinski definition) is 1. The zero-order valence-corrected chi connectivity index (χ0v) is 20.1. The molecule has 0 saturated carbocycles. The first-order valence-electron chi connectivity index (χ1n) is 9.78. The lowest BCUT2D eigenvalue weighted by atomic mass is 10.1. The molecule has 3 heterocycles. The first kappa shape index (κ1) is 23.0. The van der Waals surface area contributed by atoms with Crippen molar-refractivity contribution in [3.63, 3.8) is 0 Å². The third-order valence-corrected chi connectivity index (χ3v) is 7.12. The number of ether oxygens (including phenoxy) is 2. The molecule has 3 aromatic heterocycles. The van der Waals surface area contributed by atoms with Gasteiger partial charge >= 0.3 is 5.97 Å². The zero-order chi connectivity index (χ0) is 23.2. The van der Waals surface area contributed by atoms with Crippen molar-refractivity contribution in [2.24, 2.45) is 0 Å². The molecule has 33 heavy (non-hydrogen) atoms. The van der Waals surface area contributed by atoms with Gasteiger partial charge in [-0.1, -0.05) is 17.8 Å². The Kier molecular flexibility index (Phi) is 7.37. The number of thioether (sulfide) groups is 1. The van der Waals surface area contributed by atoms with Crippen LogP contribution < -0.4 is 10.1 Å². The molecule has 1 aromatic carbocycles. The number of hydrogen-bond acceptors (Lipinski definition) is 10. The van der Waals surface area contributed by atoms with Gasteiger partial charge in [-0.15, -0.1) is 27.8 Å². The molecule has 1 amide bonds. The van der Waals surface area contributed by atoms with Crippen LogP contribution in [0.2, 0.25) is 0 Å². The van der Waals surface area contributed by atoms with Crippen LogP contribution in [0.5, 0.6) is 5.75 Å². The summed E-state index contributed by atoms with van der Waals surface area (Å²) < 4.78 is 11.9. The van der Waals surface area contributed by atoms with E-state index in [0.29, 0.717) is 15.7 Å². The van der Waals surface area contributed by atoms with Crippen LogP contribution >= 0.6 is 34.4 Å². The molecule has 0 atom stereocenters. The number of carbonyl (C=O) groups excluding carboxylic acids is 2. The number of nitrogens with one attached hydrogen (secondary N) is 1. The molecule has 9 nitrogen and oxygen atoms in total. The van der Waals surface area contributed by atoms with Gasteiger partial charge in [0.1, 0.15) is 16.3 Å². The van der Waals surface area contributed by atoms with Gasteiger partial charge < -0.3 is 14.8 Å². The van der Waals surface area contributed by atoms with Crippen LogP contribution in [0.15, 0.2) is 52.3 Å². The third kappa shape index (κ3) is 5.24. The van der Waals surface area contributed by atoms with Crippen LogP contribution in [-0.4, -0.2) is 51.6 Å². The number of anilines is 1. The van der Waals surface area contributed by atoms with Crippen LogP contribution in [0.25, 0.3) is 16.1 Å². The van der Waals surface area contributed by atoms with Gasteiger partial charge in [-0.25, -0.2) is 4.79 Å². The molecule has 0 aliphatic carbocycles. The van der Waals surface area contributed by atoms with Crippen molar-refractivity contribution in [1.82, 2.24) is 20.2 Å². The summed E-state index contributed by atoms with van der Waals surface area (Å²) in [6.45, 7) is 1.99. The van der Waals surface area contributed by atoms with E-state index in [4.69, 9.17) is 9.47 Å². The number of amides is 1. The highest BCUT2D eigenvalue weighted by Crippen LogP contribution is 2.38. The van der Waals surface area contributed by atoms with Crippen molar-refractivity contribution in [2.75, 3.05) is 24.8 Å². The van der Waals surface area contributed by atoms with Crippen molar-refractivity contribution in [3.8, 4) is 21.9 Å². The maximum atomic E-state index is 12.7. The number of benzene rings is 1. The van der Waals surface area contributed by atoms with Crippen LogP contribution in [0.3, 0.4) is 0 Å². The lowest BCUT2D eigenvalue weighted by Gasteiger charge is -2.08. The molecule has 4 rings (SSSR count). The Balaban J connectivity index is 1.47. The first-order valence-corrected chi connectivity index (χ1v) is 12.5. The smallest absolute Gasteiger partial charge is 0.341 e. The summed E-state index contributed by atoms with van der Waals surface area (Å²) >= 11 is 4.00. The van der Waals surface area contributed by atoms with E-state index in [-0.39, 0.29) is 18.3 Å². The number of nitrogens with zero attached hydrogens (tertiary/aromatic N) is 4. The van der Waals surface area contributed by atoms with E-state index in [0.717, 1.165) is 21.9 Å². The number of methoxy groups -OCH3 is 1. The maximum absolute atomic E-state index is 12.7. The fourth-order valence-corrected chi connectivity index (χ4v) is 5.39. The van der Waals surface area contributed by atoms with Gasteiger partial charge in [-0.05, 0) is 53.1 Å². The monoisotopic (exact) mass is 501 g/mol. The fourth-order valence-electron chi connectivity index (χ4n) is 2.92. The highest BCUT2D eigenvalue weighted by atomic mass is 32.2. The summed E-state index contributed by atoms with van der Waals surface area (Å²) in [5, 5.41) is 19.3. The van der Waals surface area contributed by atoms with E-state index in [1.54, 1.807) is 30.8 Å². The summed E-state index contributed by atoms with van der Waals surface area (Å²) in [6, 6.07) is 11.1. The summed E-state index contributed by atoms with van der Waals surface area (Å²) in [7, 11) is 1.59. The molecule has 12 heteroatoms. The summed E-state index contributed by atoms with van der Waals surface area (Å²) in [4.78, 5) is 26.2. The molecule has 0 fully saturated rings. The number of tetrazole rings is 1. The second kappa shape index (κ2) is 10.6. The van der Waals surface area contributed by atoms with Gasteiger partial charge in [-0.3, -0.25) is 4.79 Å². The van der Waals surface area contributed by atoms with Crippen molar-refractivity contribution in [3.05, 3.63) is 52.7 Å². The average molecular weight is 502 g/mol. The van der Waals surface area contributed by atoms with Gasteiger partial charge in [0.25, 0.3) is 0 Å². The van der Waals surface area contributed by atoms with E-state index in [1.807, 2.05) is 35.0 Å². The van der Waals surface area contributed by atoms with Gasteiger partial charge in [0, 0.05) is 15.8 Å². The molecule has 0 spiro atoms. The van der Waals surface area contributed by atoms with E-state index in [2.05, 4.69) is 20.8 Å². The first-order chi connectivity index (χ1) is 16.1. The Bertz CT molecular complexity index is 1240. The summed E-state index contributed by atoms with van der Waals surface area (Å²) in [5.74, 6) is 0.0315. The van der Waals surface area contributed by atoms with Crippen molar-refractivity contribution < 1.29 is 19.1 Å². The molecule has 0 saturated heterocycles. The zero-order valence-electron chi connectivity index (χ0n) is 17.7. The van der Waals surface area contributed by atoms with Gasteiger partial charge in [0.15, 0.2) is 0 Å².